The lowest BCUT2D eigenvalue weighted by Gasteiger charge is -2.30. The predicted octanol–water partition coefficient (Wildman–Crippen LogP) is 0.926. The maximum Gasteiger partial charge on any atom is 0.407 e. The first-order valence-corrected chi connectivity index (χ1v) is 2.86. The molecule has 0 aromatic heterocycles. The summed E-state index contributed by atoms with van der Waals surface area (Å²) in [4.78, 5) is 11.5. The first-order valence-electron chi connectivity index (χ1n) is 2.86. The summed E-state index contributed by atoms with van der Waals surface area (Å²) in [7, 11) is 0. The number of hydrogen-bond donors (Lipinski definition) is 1. The van der Waals surface area contributed by atoms with E-state index in [-0.39, 0.29) is 0 Å². The smallest absolute Gasteiger partial charge is 0.407 e. The largest absolute Gasteiger partial charge is 0.465 e. The fourth-order valence-corrected chi connectivity index (χ4v) is 0.762. The van der Waals surface area contributed by atoms with Crippen molar-refractivity contribution in [1.29, 1.82) is 0 Å². The van der Waals surface area contributed by atoms with Gasteiger partial charge in [0.05, 0.1) is 0 Å². The van der Waals surface area contributed by atoms with Gasteiger partial charge in [-0.25, -0.2) is 4.79 Å². The molecule has 1 N–H and O–H groups in total. The summed E-state index contributed by atoms with van der Waals surface area (Å²) in [5.74, 6) is 0. The molecule has 0 unspecified atom stereocenters. The molecule has 1 saturated heterocycles. The molecule has 0 bridgehead atoms. The topological polar surface area (TPSA) is 40.5 Å². The Labute approximate surface area is 53.6 Å². The van der Waals surface area contributed by atoms with E-state index in [4.69, 9.17) is 5.11 Å². The van der Waals surface area contributed by atoms with Gasteiger partial charge in [-0.15, -0.1) is 0 Å². The van der Waals surface area contributed by atoms with Crippen molar-refractivity contribution in [3.8, 4) is 0 Å². The highest BCUT2D eigenvalue weighted by Gasteiger charge is 2.22. The molecule has 3 heteroatoms. The highest BCUT2D eigenvalue weighted by Crippen LogP contribution is 2.12. The van der Waals surface area contributed by atoms with Crippen LogP contribution in [-0.2, 0) is 0 Å². The zero-order valence-electron chi connectivity index (χ0n) is 5.29. The fraction of sp³-hybridized carbons (Fsp3) is 0.500. The Bertz CT molecular complexity index is 154. The number of likely N-dealkylation sites (tertiary alicyclic amines) is 1. The van der Waals surface area contributed by atoms with Crippen molar-refractivity contribution in [2.24, 2.45) is 0 Å². The van der Waals surface area contributed by atoms with Crippen molar-refractivity contribution in [3.05, 3.63) is 11.6 Å². The Kier molecular flexibility index (Phi) is 1.42. The second-order valence-corrected chi connectivity index (χ2v) is 2.09. The minimum Gasteiger partial charge on any atom is -0.465 e. The van der Waals surface area contributed by atoms with E-state index >= 15 is 0 Å². The number of carboxylic acid groups (broad SMARTS) is 1. The van der Waals surface area contributed by atoms with Crippen LogP contribution in [-0.4, -0.2) is 29.2 Å². The molecule has 50 valence electrons. The number of nitrogens with zero attached hydrogens (tertiary/aromatic N) is 1. The van der Waals surface area contributed by atoms with Gasteiger partial charge in [-0.05, 0) is 12.5 Å². The monoisotopic (exact) mass is 127 g/mol. The lowest BCUT2D eigenvalue weighted by atomic mass is 10.1. The summed E-state index contributed by atoms with van der Waals surface area (Å²) in [6, 6.07) is 0. The molecule has 3 nitrogen and oxygen atoms in total. The van der Waals surface area contributed by atoms with E-state index in [0.717, 1.165) is 0 Å². The fourth-order valence-electron chi connectivity index (χ4n) is 0.762. The normalized spacial score (nSPS) is 17.0. The minimum absolute atomic E-state index is 0.603. The van der Waals surface area contributed by atoms with Crippen molar-refractivity contribution in [3.63, 3.8) is 0 Å². The van der Waals surface area contributed by atoms with Crippen LogP contribution in [0, 0.1) is 0 Å². The van der Waals surface area contributed by atoms with E-state index in [1.165, 1.54) is 10.5 Å². The van der Waals surface area contributed by atoms with Crippen LogP contribution in [0.4, 0.5) is 4.79 Å². The van der Waals surface area contributed by atoms with Crippen LogP contribution in [0.5, 0.6) is 0 Å². The molecular formula is C6H9NO2. The zero-order chi connectivity index (χ0) is 6.85. The lowest BCUT2D eigenvalue weighted by molar-refractivity contribution is 0.138. The second kappa shape index (κ2) is 2.09. The van der Waals surface area contributed by atoms with Crippen molar-refractivity contribution < 1.29 is 9.90 Å². The number of hydrogen-bond acceptors (Lipinski definition) is 1. The van der Waals surface area contributed by atoms with Gasteiger partial charge < -0.3 is 10.0 Å². The van der Waals surface area contributed by atoms with Crippen LogP contribution < -0.4 is 0 Å². The van der Waals surface area contributed by atoms with E-state index < -0.39 is 6.09 Å². The van der Waals surface area contributed by atoms with Gasteiger partial charge >= 0.3 is 6.09 Å². The lowest BCUT2D eigenvalue weighted by Crippen LogP contribution is -2.43. The number of amides is 1. The van der Waals surface area contributed by atoms with Gasteiger partial charge in [-0.2, -0.15) is 0 Å². The molecule has 1 aliphatic heterocycles. The van der Waals surface area contributed by atoms with Crippen LogP contribution in [0.25, 0.3) is 0 Å². The highest BCUT2D eigenvalue weighted by atomic mass is 16.4. The molecule has 1 amide bonds. The standard InChI is InChI=1S/C6H9NO2/c1-2-5-3-7(4-5)6(8)9/h2H,3-4H2,1H3,(H,8,9). The average molecular weight is 127 g/mol. The third kappa shape index (κ3) is 1.04. The Morgan fingerprint density at radius 3 is 2.67 bits per heavy atom. The van der Waals surface area contributed by atoms with Gasteiger partial charge in [0.2, 0.25) is 0 Å². The second-order valence-electron chi connectivity index (χ2n) is 2.09. The summed E-state index contributed by atoms with van der Waals surface area (Å²) in [6.45, 7) is 3.13. The first kappa shape index (κ1) is 6.13. The maximum atomic E-state index is 10.1. The number of allylic oxidation sites excluding steroid dienone is 1. The summed E-state index contributed by atoms with van der Waals surface area (Å²) in [6.07, 6.45) is 1.14. The van der Waals surface area contributed by atoms with E-state index in [2.05, 4.69) is 0 Å². The van der Waals surface area contributed by atoms with Crippen LogP contribution in [0.3, 0.4) is 0 Å². The summed E-state index contributed by atoms with van der Waals surface area (Å²) < 4.78 is 0. The third-order valence-electron chi connectivity index (χ3n) is 1.47. The molecular weight excluding hydrogens is 118 g/mol. The molecule has 1 heterocycles. The minimum atomic E-state index is -0.819. The Balaban J connectivity index is 2.35. The van der Waals surface area contributed by atoms with Gasteiger partial charge in [0.15, 0.2) is 0 Å². The zero-order valence-corrected chi connectivity index (χ0v) is 5.29. The Hall–Kier alpha value is -0.990. The van der Waals surface area contributed by atoms with Crippen molar-refractivity contribution in [2.75, 3.05) is 13.1 Å². The van der Waals surface area contributed by atoms with Gasteiger partial charge in [0.25, 0.3) is 0 Å². The summed E-state index contributed by atoms with van der Waals surface area (Å²) in [5, 5.41) is 8.35. The molecule has 1 fully saturated rings. The Morgan fingerprint density at radius 1 is 1.78 bits per heavy atom. The van der Waals surface area contributed by atoms with E-state index in [0.29, 0.717) is 13.1 Å². The maximum absolute atomic E-state index is 10.1. The number of rotatable bonds is 0. The molecule has 9 heavy (non-hydrogen) atoms. The summed E-state index contributed by atoms with van der Waals surface area (Å²) in [5.41, 5.74) is 1.21. The van der Waals surface area contributed by atoms with Crippen LogP contribution in [0.1, 0.15) is 6.92 Å². The average Bonchev–Trinajstić information content (AvgIpc) is 1.61. The van der Waals surface area contributed by atoms with Gasteiger partial charge in [-0.1, -0.05) is 6.08 Å². The molecule has 1 aliphatic rings. The predicted molar refractivity (Wildman–Crippen MR) is 33.4 cm³/mol. The highest BCUT2D eigenvalue weighted by molar-refractivity contribution is 5.67. The first-order chi connectivity index (χ1) is 4.24. The Morgan fingerprint density at radius 2 is 2.33 bits per heavy atom. The van der Waals surface area contributed by atoms with E-state index in [1.54, 1.807) is 0 Å². The molecule has 1 rings (SSSR count). The number of carbonyl (C=O) groups is 1. The van der Waals surface area contributed by atoms with Gasteiger partial charge in [-0.3, -0.25) is 0 Å². The summed E-state index contributed by atoms with van der Waals surface area (Å²) >= 11 is 0. The molecule has 0 radical (unpaired) electrons. The quantitative estimate of drug-likeness (QED) is 0.492. The van der Waals surface area contributed by atoms with E-state index in [1.807, 2.05) is 13.0 Å². The third-order valence-corrected chi connectivity index (χ3v) is 1.47. The van der Waals surface area contributed by atoms with Crippen molar-refractivity contribution in [1.82, 2.24) is 4.90 Å². The SMILES string of the molecule is CC=C1CN(C(=O)O)C1. The molecule has 0 aromatic rings. The molecule has 0 atom stereocenters. The van der Waals surface area contributed by atoms with Crippen LogP contribution in [0.15, 0.2) is 11.6 Å². The molecule has 0 spiro atoms. The van der Waals surface area contributed by atoms with Crippen LogP contribution in [0.2, 0.25) is 0 Å². The molecule has 0 aliphatic carbocycles. The van der Waals surface area contributed by atoms with Crippen LogP contribution >= 0.6 is 0 Å². The van der Waals surface area contributed by atoms with E-state index in [9.17, 15) is 4.79 Å². The van der Waals surface area contributed by atoms with Crippen molar-refractivity contribution >= 4 is 6.09 Å². The molecule has 0 saturated carbocycles. The van der Waals surface area contributed by atoms with Gasteiger partial charge in [0.1, 0.15) is 0 Å². The van der Waals surface area contributed by atoms with Crippen molar-refractivity contribution in [2.45, 2.75) is 6.92 Å². The molecule has 0 aromatic carbocycles. The van der Waals surface area contributed by atoms with Gasteiger partial charge in [0, 0.05) is 13.1 Å².